The molecular weight excluding hydrogens is 304 g/mol. The van der Waals surface area contributed by atoms with Gasteiger partial charge in [-0.15, -0.1) is 26.3 Å². The van der Waals surface area contributed by atoms with Gasteiger partial charge >= 0.3 is 0 Å². The van der Waals surface area contributed by atoms with Gasteiger partial charge in [0, 0.05) is 0 Å². The first kappa shape index (κ1) is 27.1. The fourth-order valence-electron chi connectivity index (χ4n) is 1.11. The van der Waals surface area contributed by atoms with Crippen molar-refractivity contribution in [2.75, 3.05) is 0 Å². The monoisotopic (exact) mass is 338 g/mol. The molecule has 0 aromatic heterocycles. The summed E-state index contributed by atoms with van der Waals surface area (Å²) < 4.78 is 5.58. The van der Waals surface area contributed by atoms with Crippen LogP contribution < -0.4 is 4.74 Å². The minimum Gasteiger partial charge on any atom is -0.457 e. The molecule has 0 fully saturated rings. The van der Waals surface area contributed by atoms with Crippen LogP contribution in [0.2, 0.25) is 0 Å². The van der Waals surface area contributed by atoms with Gasteiger partial charge in [-0.2, -0.15) is 0 Å². The van der Waals surface area contributed by atoms with E-state index in [4.69, 9.17) is 4.74 Å². The smallest absolute Gasteiger partial charge is 0.127 e. The van der Waals surface area contributed by atoms with Crippen molar-refractivity contribution in [2.45, 2.75) is 27.7 Å². The molecule has 2 aromatic carbocycles. The zero-order valence-electron chi connectivity index (χ0n) is 16.3. The summed E-state index contributed by atoms with van der Waals surface area (Å²) in [5, 5.41) is 0. The number of para-hydroxylation sites is 2. The van der Waals surface area contributed by atoms with E-state index in [9.17, 15) is 0 Å². The Bertz CT molecular complexity index is 451. The Labute approximate surface area is 155 Å². The molecule has 0 aliphatic heterocycles. The highest BCUT2D eigenvalue weighted by Gasteiger charge is 1.92. The fraction of sp³-hybridized carbons (Fsp3) is 0.167. The summed E-state index contributed by atoms with van der Waals surface area (Å²) >= 11 is 0. The van der Waals surface area contributed by atoms with Crippen molar-refractivity contribution in [3.05, 3.63) is 111 Å². The van der Waals surface area contributed by atoms with Crippen molar-refractivity contribution in [1.29, 1.82) is 0 Å². The fourth-order valence-corrected chi connectivity index (χ4v) is 1.11. The van der Waals surface area contributed by atoms with E-state index >= 15 is 0 Å². The van der Waals surface area contributed by atoms with E-state index in [0.29, 0.717) is 0 Å². The highest BCUT2D eigenvalue weighted by Crippen LogP contribution is 2.19. The Hall–Kier alpha value is -2.80. The molecule has 0 unspecified atom stereocenters. The molecule has 0 saturated heterocycles. The maximum Gasteiger partial charge on any atom is 0.127 e. The third-order valence-corrected chi connectivity index (χ3v) is 1.72. The molecule has 0 atom stereocenters. The Morgan fingerprint density at radius 2 is 0.720 bits per heavy atom. The van der Waals surface area contributed by atoms with Crippen LogP contribution in [0.4, 0.5) is 0 Å². The SMILES string of the molecule is C=CC.C=CC.C=CC.C=CC.c1ccc(Oc2ccccc2)cc1. The van der Waals surface area contributed by atoms with Crippen LogP contribution in [0.1, 0.15) is 27.7 Å². The van der Waals surface area contributed by atoms with Gasteiger partial charge in [-0.1, -0.05) is 60.7 Å². The number of rotatable bonds is 2. The molecule has 0 aliphatic rings. The number of hydrogen-bond donors (Lipinski definition) is 0. The van der Waals surface area contributed by atoms with Crippen molar-refractivity contribution in [1.82, 2.24) is 0 Å². The molecule has 0 N–H and O–H groups in total. The predicted octanol–water partition coefficient (Wildman–Crippen LogP) is 8.25. The van der Waals surface area contributed by atoms with Gasteiger partial charge in [-0.25, -0.2) is 0 Å². The molecule has 1 heteroatoms. The molecule has 1 nitrogen and oxygen atoms in total. The average molecular weight is 339 g/mol. The molecule has 0 amide bonds. The van der Waals surface area contributed by atoms with E-state index in [2.05, 4.69) is 26.3 Å². The Morgan fingerprint density at radius 3 is 0.920 bits per heavy atom. The van der Waals surface area contributed by atoms with E-state index in [1.54, 1.807) is 24.3 Å². The minimum absolute atomic E-state index is 0.869. The lowest BCUT2D eigenvalue weighted by atomic mass is 10.3. The van der Waals surface area contributed by atoms with Crippen LogP contribution in [0.25, 0.3) is 0 Å². The van der Waals surface area contributed by atoms with Crippen molar-refractivity contribution < 1.29 is 4.74 Å². The summed E-state index contributed by atoms with van der Waals surface area (Å²) in [6.45, 7) is 21.0. The zero-order valence-corrected chi connectivity index (χ0v) is 16.3. The molecular formula is C24H34O. The third kappa shape index (κ3) is 26.4. The minimum atomic E-state index is 0.869. The van der Waals surface area contributed by atoms with Gasteiger partial charge in [0.05, 0.1) is 0 Å². The van der Waals surface area contributed by atoms with Crippen molar-refractivity contribution >= 4 is 0 Å². The highest BCUT2D eigenvalue weighted by atomic mass is 16.5. The second-order valence-electron chi connectivity index (χ2n) is 4.36. The molecule has 136 valence electrons. The normalized spacial score (nSPS) is 7.04. The zero-order chi connectivity index (χ0) is 19.8. The van der Waals surface area contributed by atoms with Crippen molar-refractivity contribution in [2.24, 2.45) is 0 Å². The van der Waals surface area contributed by atoms with Gasteiger partial charge in [0.2, 0.25) is 0 Å². The lowest BCUT2D eigenvalue weighted by Crippen LogP contribution is -1.81. The van der Waals surface area contributed by atoms with Gasteiger partial charge in [-0.3, -0.25) is 0 Å². The predicted molar refractivity (Wildman–Crippen MR) is 116 cm³/mol. The van der Waals surface area contributed by atoms with Crippen LogP contribution in [-0.4, -0.2) is 0 Å². The maximum absolute atomic E-state index is 5.58. The van der Waals surface area contributed by atoms with Gasteiger partial charge in [-0.05, 0) is 52.0 Å². The van der Waals surface area contributed by atoms with E-state index in [0.717, 1.165) is 11.5 Å². The van der Waals surface area contributed by atoms with Crippen LogP contribution in [0.5, 0.6) is 11.5 Å². The summed E-state index contributed by atoms with van der Waals surface area (Å²) in [7, 11) is 0. The molecule has 0 radical (unpaired) electrons. The Morgan fingerprint density at radius 1 is 0.520 bits per heavy atom. The number of allylic oxidation sites excluding steroid dienone is 4. The van der Waals surface area contributed by atoms with E-state index in [1.807, 2.05) is 88.4 Å². The largest absolute Gasteiger partial charge is 0.457 e. The van der Waals surface area contributed by atoms with E-state index in [1.165, 1.54) is 0 Å². The van der Waals surface area contributed by atoms with Gasteiger partial charge in [0.1, 0.15) is 11.5 Å². The third-order valence-electron chi connectivity index (χ3n) is 1.72. The van der Waals surface area contributed by atoms with Gasteiger partial charge in [0.25, 0.3) is 0 Å². The van der Waals surface area contributed by atoms with Crippen LogP contribution in [0, 0.1) is 0 Å². The summed E-state index contributed by atoms with van der Waals surface area (Å²) in [6, 6.07) is 19.5. The molecule has 0 saturated carbocycles. The van der Waals surface area contributed by atoms with E-state index in [-0.39, 0.29) is 0 Å². The van der Waals surface area contributed by atoms with Crippen molar-refractivity contribution in [3.63, 3.8) is 0 Å². The summed E-state index contributed by atoms with van der Waals surface area (Å²) in [5.41, 5.74) is 0. The first-order valence-corrected chi connectivity index (χ1v) is 8.17. The second kappa shape index (κ2) is 26.1. The standard InChI is InChI=1S/C12H10O.4C3H6/c1-3-7-11(8-4-1)13-12-9-5-2-6-10-12;4*1-3-2/h1-10H;4*3H,1H2,2H3. The first-order valence-electron chi connectivity index (χ1n) is 8.17. The molecule has 0 bridgehead atoms. The highest BCUT2D eigenvalue weighted by molar-refractivity contribution is 5.30. The summed E-state index contributed by atoms with van der Waals surface area (Å²) in [4.78, 5) is 0. The van der Waals surface area contributed by atoms with Crippen LogP contribution in [-0.2, 0) is 0 Å². The lowest BCUT2D eigenvalue weighted by Gasteiger charge is -2.03. The molecule has 25 heavy (non-hydrogen) atoms. The Balaban J connectivity index is -0.000000337. The van der Waals surface area contributed by atoms with Gasteiger partial charge < -0.3 is 4.74 Å². The number of benzene rings is 2. The maximum atomic E-state index is 5.58. The Kier molecular flexibility index (Phi) is 28.3. The quantitative estimate of drug-likeness (QED) is 0.501. The lowest BCUT2D eigenvalue weighted by molar-refractivity contribution is 0.482. The molecule has 0 aliphatic carbocycles. The second-order valence-corrected chi connectivity index (χ2v) is 4.36. The molecule has 2 aromatic rings. The average Bonchev–Trinajstić information content (AvgIpc) is 2.60. The van der Waals surface area contributed by atoms with Crippen molar-refractivity contribution in [3.8, 4) is 11.5 Å². The molecule has 2 rings (SSSR count). The van der Waals surface area contributed by atoms with Crippen LogP contribution in [0.15, 0.2) is 111 Å². The summed E-state index contributed by atoms with van der Waals surface area (Å²) in [5.74, 6) is 1.74. The van der Waals surface area contributed by atoms with Gasteiger partial charge in [0.15, 0.2) is 0 Å². The summed E-state index contributed by atoms with van der Waals surface area (Å²) in [6.07, 6.45) is 7.00. The first-order chi connectivity index (χ1) is 12.1. The number of ether oxygens (including phenoxy) is 1. The molecule has 0 spiro atoms. The van der Waals surface area contributed by atoms with E-state index < -0.39 is 0 Å². The number of hydrogen-bond acceptors (Lipinski definition) is 1. The van der Waals surface area contributed by atoms with Crippen LogP contribution >= 0.6 is 0 Å². The molecule has 0 heterocycles. The van der Waals surface area contributed by atoms with Crippen LogP contribution in [0.3, 0.4) is 0 Å². The topological polar surface area (TPSA) is 9.23 Å².